The molecule has 0 aliphatic rings. The molecule has 3 rings (SSSR count). The van der Waals surface area contributed by atoms with Crippen LogP contribution in [-0.2, 0) is 9.84 Å². The van der Waals surface area contributed by atoms with Crippen molar-refractivity contribution >= 4 is 27.1 Å². The number of hydrogen-bond acceptors (Lipinski definition) is 5. The minimum absolute atomic E-state index is 0.126. The summed E-state index contributed by atoms with van der Waals surface area (Å²) in [5.41, 5.74) is 0.789. The van der Waals surface area contributed by atoms with Crippen molar-refractivity contribution in [2.75, 3.05) is 11.6 Å². The predicted octanol–water partition coefficient (Wildman–Crippen LogP) is 4.45. The summed E-state index contributed by atoms with van der Waals surface area (Å²) in [7, 11) is -3.58. The van der Waals surface area contributed by atoms with Crippen LogP contribution in [0.4, 0.5) is 18.9 Å². The van der Waals surface area contributed by atoms with Crippen molar-refractivity contribution in [2.45, 2.75) is 24.4 Å². The van der Waals surface area contributed by atoms with E-state index in [0.29, 0.717) is 16.9 Å². The van der Waals surface area contributed by atoms with Gasteiger partial charge in [-0.25, -0.2) is 26.6 Å². The zero-order chi connectivity index (χ0) is 21.3. The molecule has 0 aliphatic carbocycles. The van der Waals surface area contributed by atoms with Gasteiger partial charge in [0.2, 0.25) is 0 Å². The van der Waals surface area contributed by atoms with E-state index in [4.69, 9.17) is 11.6 Å². The molecule has 2 aromatic heterocycles. The molecule has 6 nitrogen and oxygen atoms in total. The smallest absolute Gasteiger partial charge is 0.280 e. The number of halogens is 4. The van der Waals surface area contributed by atoms with Gasteiger partial charge in [0.1, 0.15) is 23.4 Å². The zero-order valence-corrected chi connectivity index (χ0v) is 16.8. The van der Waals surface area contributed by atoms with Crippen LogP contribution in [0.1, 0.15) is 35.2 Å². The van der Waals surface area contributed by atoms with E-state index in [1.165, 1.54) is 24.4 Å². The van der Waals surface area contributed by atoms with Gasteiger partial charge < -0.3 is 10.3 Å². The lowest BCUT2D eigenvalue weighted by atomic mass is 10.1. The zero-order valence-electron chi connectivity index (χ0n) is 15.2. The highest BCUT2D eigenvalue weighted by Gasteiger charge is 2.24. The third-order valence-corrected chi connectivity index (χ3v) is 5.47. The molecule has 1 atom stereocenters. The number of imidazole rings is 1. The number of hydrogen-bond donors (Lipinski definition) is 2. The van der Waals surface area contributed by atoms with Gasteiger partial charge in [0.15, 0.2) is 14.9 Å². The van der Waals surface area contributed by atoms with Gasteiger partial charge in [-0.2, -0.15) is 0 Å². The molecule has 0 saturated heterocycles. The third-order valence-electron chi connectivity index (χ3n) is 4.08. The van der Waals surface area contributed by atoms with Crippen molar-refractivity contribution in [2.24, 2.45) is 0 Å². The minimum Gasteiger partial charge on any atom is -0.370 e. The van der Waals surface area contributed by atoms with E-state index in [-0.39, 0.29) is 21.6 Å². The first kappa shape index (κ1) is 21.1. The lowest BCUT2D eigenvalue weighted by molar-refractivity contribution is 0.146. The second-order valence-corrected chi connectivity index (χ2v) is 8.69. The molecule has 11 heteroatoms. The average Bonchev–Trinajstić information content (AvgIpc) is 3.04. The van der Waals surface area contributed by atoms with E-state index < -0.39 is 28.1 Å². The fraction of sp³-hybridized carbons (Fsp3) is 0.222. The number of aromatic amines is 1. The van der Waals surface area contributed by atoms with Gasteiger partial charge in [0.25, 0.3) is 6.43 Å². The molecule has 0 aliphatic heterocycles. The molecule has 0 fully saturated rings. The first-order chi connectivity index (χ1) is 13.6. The standard InChI is InChI=1S/C18H16ClF3N4O2S/c1-9-18(29(2,27)28)26-17(24-9)15(10-3-5-13(20)12(19)7-10)25-11-4-6-14(16(21)22)23-8-11/h3-8,15-16,25H,1-2H3,(H,24,26). The lowest BCUT2D eigenvalue weighted by Gasteiger charge is -2.19. The molecule has 29 heavy (non-hydrogen) atoms. The van der Waals surface area contributed by atoms with Crippen LogP contribution in [-0.4, -0.2) is 29.6 Å². The summed E-state index contributed by atoms with van der Waals surface area (Å²) in [6.07, 6.45) is -0.461. The lowest BCUT2D eigenvalue weighted by Crippen LogP contribution is -2.15. The Hall–Kier alpha value is -2.59. The Balaban J connectivity index is 2.05. The predicted molar refractivity (Wildman–Crippen MR) is 103 cm³/mol. The highest BCUT2D eigenvalue weighted by atomic mass is 35.5. The summed E-state index contributed by atoms with van der Waals surface area (Å²) < 4.78 is 62.9. The topological polar surface area (TPSA) is 87.7 Å². The number of nitrogens with one attached hydrogen (secondary N) is 2. The van der Waals surface area contributed by atoms with E-state index in [1.54, 1.807) is 6.92 Å². The van der Waals surface area contributed by atoms with E-state index in [1.807, 2.05) is 0 Å². The third kappa shape index (κ3) is 4.70. The van der Waals surface area contributed by atoms with Gasteiger partial charge in [-0.3, -0.25) is 4.98 Å². The number of rotatable bonds is 6. The summed E-state index contributed by atoms with van der Waals surface area (Å²) >= 11 is 5.89. The van der Waals surface area contributed by atoms with Gasteiger partial charge in [0.05, 0.1) is 22.6 Å². The Bertz CT molecular complexity index is 1130. The Kier molecular flexibility index (Phi) is 5.85. The second-order valence-electron chi connectivity index (χ2n) is 6.35. The molecule has 2 N–H and O–H groups in total. The number of sulfone groups is 1. The molecule has 154 valence electrons. The van der Waals surface area contributed by atoms with Crippen LogP contribution < -0.4 is 5.32 Å². The van der Waals surface area contributed by atoms with Crippen LogP contribution in [0.25, 0.3) is 0 Å². The van der Waals surface area contributed by atoms with Gasteiger partial charge in [-0.15, -0.1) is 0 Å². The average molecular weight is 445 g/mol. The van der Waals surface area contributed by atoms with Gasteiger partial charge in [-0.1, -0.05) is 17.7 Å². The Labute approximate surface area is 170 Å². The van der Waals surface area contributed by atoms with Crippen LogP contribution in [0, 0.1) is 12.7 Å². The van der Waals surface area contributed by atoms with Crippen LogP contribution in [0.15, 0.2) is 41.6 Å². The molecular weight excluding hydrogens is 429 g/mol. The minimum atomic E-state index is -3.58. The number of aryl methyl sites for hydroxylation is 1. The number of aromatic nitrogens is 3. The Morgan fingerprint density at radius 3 is 2.45 bits per heavy atom. The summed E-state index contributed by atoms with van der Waals surface area (Å²) in [6, 6.07) is 5.78. The SMILES string of the molecule is Cc1[nH]c(C(Nc2ccc(C(F)F)nc2)c2ccc(F)c(Cl)c2)nc1S(C)(=O)=O. The summed E-state index contributed by atoms with van der Waals surface area (Å²) in [4.78, 5) is 10.8. The fourth-order valence-corrected chi connectivity index (χ4v) is 3.81. The highest BCUT2D eigenvalue weighted by molar-refractivity contribution is 7.90. The molecule has 0 radical (unpaired) electrons. The summed E-state index contributed by atoms with van der Waals surface area (Å²) in [6.45, 7) is 1.56. The van der Waals surface area contributed by atoms with Gasteiger partial charge >= 0.3 is 0 Å². The number of anilines is 1. The van der Waals surface area contributed by atoms with Gasteiger partial charge in [0, 0.05) is 6.26 Å². The number of benzene rings is 1. The molecule has 0 spiro atoms. The van der Waals surface area contributed by atoms with Crippen LogP contribution in [0.5, 0.6) is 0 Å². The summed E-state index contributed by atoms with van der Waals surface area (Å²) in [5.74, 6) is -0.395. The molecule has 3 aromatic rings. The normalized spacial score (nSPS) is 12.9. The fourth-order valence-electron chi connectivity index (χ4n) is 2.75. The second kappa shape index (κ2) is 8.03. The molecule has 1 aromatic carbocycles. The van der Waals surface area contributed by atoms with E-state index >= 15 is 0 Å². The molecule has 0 saturated carbocycles. The number of H-pyrrole nitrogens is 1. The number of pyridine rings is 1. The van der Waals surface area contributed by atoms with Crippen molar-refractivity contribution in [1.29, 1.82) is 0 Å². The van der Waals surface area contributed by atoms with Crippen LogP contribution in [0.3, 0.4) is 0 Å². The van der Waals surface area contributed by atoms with Crippen molar-refractivity contribution in [3.05, 3.63) is 70.1 Å². The number of alkyl halides is 2. The van der Waals surface area contributed by atoms with E-state index in [0.717, 1.165) is 18.4 Å². The van der Waals surface area contributed by atoms with Crippen LogP contribution >= 0.6 is 11.6 Å². The molecular formula is C18H16ClF3N4O2S. The molecule has 0 bridgehead atoms. The van der Waals surface area contributed by atoms with Crippen LogP contribution in [0.2, 0.25) is 5.02 Å². The maximum absolute atomic E-state index is 13.6. The Morgan fingerprint density at radius 2 is 1.93 bits per heavy atom. The molecule has 2 heterocycles. The monoisotopic (exact) mass is 444 g/mol. The molecule has 0 amide bonds. The van der Waals surface area contributed by atoms with Gasteiger partial charge in [-0.05, 0) is 36.8 Å². The Morgan fingerprint density at radius 1 is 1.21 bits per heavy atom. The molecule has 1 unspecified atom stereocenters. The van der Waals surface area contributed by atoms with Crippen molar-refractivity contribution in [3.63, 3.8) is 0 Å². The first-order valence-electron chi connectivity index (χ1n) is 8.28. The highest BCUT2D eigenvalue weighted by Crippen LogP contribution is 2.30. The maximum Gasteiger partial charge on any atom is 0.280 e. The summed E-state index contributed by atoms with van der Waals surface area (Å²) in [5, 5.41) is 2.78. The maximum atomic E-state index is 13.6. The first-order valence-corrected chi connectivity index (χ1v) is 10.6. The van der Waals surface area contributed by atoms with Crippen molar-refractivity contribution in [1.82, 2.24) is 15.0 Å². The largest absolute Gasteiger partial charge is 0.370 e. The van der Waals surface area contributed by atoms with E-state index in [2.05, 4.69) is 20.3 Å². The van der Waals surface area contributed by atoms with E-state index in [9.17, 15) is 21.6 Å². The van der Waals surface area contributed by atoms with Crippen molar-refractivity contribution < 1.29 is 21.6 Å². The quantitative estimate of drug-likeness (QED) is 0.586. The number of nitrogens with zero attached hydrogens (tertiary/aromatic N) is 2. The van der Waals surface area contributed by atoms with Crippen molar-refractivity contribution in [3.8, 4) is 0 Å².